The molecule has 1 unspecified atom stereocenters. The first-order valence-electron chi connectivity index (χ1n) is 11.2. The minimum atomic E-state index is -4.47. The van der Waals surface area contributed by atoms with Crippen LogP contribution in [0.4, 0.5) is 48.3 Å². The Morgan fingerprint density at radius 2 is 1.67 bits per heavy atom. The average molecular weight is 514 g/mol. The third-order valence-corrected chi connectivity index (χ3v) is 6.01. The Labute approximate surface area is 202 Å². The predicted molar refractivity (Wildman–Crippen MR) is 124 cm³/mol. The largest absolute Gasteiger partial charge is 0.416 e. The van der Waals surface area contributed by atoms with Crippen molar-refractivity contribution in [3.63, 3.8) is 0 Å². The number of anilines is 3. The first-order chi connectivity index (χ1) is 16.9. The topological polar surface area (TPSA) is 76.3 Å². The van der Waals surface area contributed by atoms with Crippen molar-refractivity contribution >= 4 is 34.3 Å². The monoisotopic (exact) mass is 514 g/mol. The van der Waals surface area contributed by atoms with Crippen molar-refractivity contribution in [3.8, 4) is 0 Å². The average Bonchev–Trinajstić information content (AvgIpc) is 3.20. The lowest BCUT2D eigenvalue weighted by Gasteiger charge is -2.36. The third kappa shape index (κ3) is 6.01. The normalized spacial score (nSPS) is 16.2. The molecular formula is C23H24F6N6O. The number of urea groups is 1. The summed E-state index contributed by atoms with van der Waals surface area (Å²) < 4.78 is 76.7. The number of carbonyl (C=O) groups excluding carboxylic acids is 1. The Hall–Kier alpha value is -3.48. The van der Waals surface area contributed by atoms with Gasteiger partial charge in [0, 0.05) is 44.6 Å². The molecule has 3 N–H and O–H groups in total. The summed E-state index contributed by atoms with van der Waals surface area (Å²) in [6, 6.07) is 6.98. The standard InChI is InChI=1S/C23H24F6N6O/c1-14(22(24,25)26)13-34-8-10-35(11-9-34)19-7-6-17-20(33-19)18(12-30-17)32-21(36)31-16-4-2-15(3-5-16)23(27,28)29/h2-7,12,14,30H,8-11,13H2,1H3,(H2,31,32,36). The molecule has 1 aromatic carbocycles. The highest BCUT2D eigenvalue weighted by Crippen LogP contribution is 2.30. The smallest absolute Gasteiger partial charge is 0.358 e. The highest BCUT2D eigenvalue weighted by molar-refractivity contribution is 6.05. The number of H-pyrrole nitrogens is 1. The Morgan fingerprint density at radius 1 is 1.00 bits per heavy atom. The van der Waals surface area contributed by atoms with Crippen molar-refractivity contribution in [2.45, 2.75) is 19.3 Å². The van der Waals surface area contributed by atoms with E-state index < -0.39 is 29.9 Å². The van der Waals surface area contributed by atoms with Crippen LogP contribution in [-0.4, -0.2) is 59.8 Å². The summed E-state index contributed by atoms with van der Waals surface area (Å²) in [5, 5.41) is 5.11. The van der Waals surface area contributed by atoms with E-state index in [1.807, 2.05) is 4.90 Å². The predicted octanol–water partition coefficient (Wildman–Crippen LogP) is 5.55. The van der Waals surface area contributed by atoms with E-state index in [1.54, 1.807) is 23.2 Å². The third-order valence-electron chi connectivity index (χ3n) is 6.01. The van der Waals surface area contributed by atoms with E-state index in [4.69, 9.17) is 0 Å². The van der Waals surface area contributed by atoms with Crippen LogP contribution in [0.3, 0.4) is 0 Å². The maximum Gasteiger partial charge on any atom is 0.416 e. The zero-order valence-electron chi connectivity index (χ0n) is 19.2. The Balaban J connectivity index is 1.38. The zero-order chi connectivity index (χ0) is 26.1. The SMILES string of the molecule is CC(CN1CCN(c2ccc3[nH]cc(NC(=O)Nc4ccc(C(F)(F)F)cc4)c3n2)CC1)C(F)(F)F. The first-order valence-corrected chi connectivity index (χ1v) is 11.2. The van der Waals surface area contributed by atoms with Crippen molar-refractivity contribution in [2.24, 2.45) is 5.92 Å². The number of fused-ring (bicyclic) bond motifs is 1. The van der Waals surface area contributed by atoms with Crippen LogP contribution in [-0.2, 0) is 6.18 Å². The van der Waals surface area contributed by atoms with Gasteiger partial charge in [0.25, 0.3) is 0 Å². The molecular weight excluding hydrogens is 490 g/mol. The molecule has 1 fully saturated rings. The van der Waals surface area contributed by atoms with Crippen molar-refractivity contribution in [1.82, 2.24) is 14.9 Å². The number of nitrogens with zero attached hydrogens (tertiary/aromatic N) is 3. The van der Waals surface area contributed by atoms with E-state index in [2.05, 4.69) is 20.6 Å². The van der Waals surface area contributed by atoms with Gasteiger partial charge in [0.15, 0.2) is 0 Å². The van der Waals surface area contributed by atoms with E-state index in [9.17, 15) is 31.1 Å². The number of aromatic amines is 1. The number of rotatable bonds is 5. The van der Waals surface area contributed by atoms with Crippen LogP contribution in [0, 0.1) is 5.92 Å². The number of aromatic nitrogens is 2. The maximum absolute atomic E-state index is 12.8. The summed E-state index contributed by atoms with van der Waals surface area (Å²) in [5.74, 6) is -0.780. The van der Waals surface area contributed by atoms with Crippen molar-refractivity contribution < 1.29 is 31.1 Å². The van der Waals surface area contributed by atoms with Gasteiger partial charge in [-0.2, -0.15) is 26.3 Å². The van der Waals surface area contributed by atoms with E-state index >= 15 is 0 Å². The zero-order valence-corrected chi connectivity index (χ0v) is 19.2. The van der Waals surface area contributed by atoms with Gasteiger partial charge in [-0.15, -0.1) is 0 Å². The van der Waals surface area contributed by atoms with E-state index in [0.717, 1.165) is 24.3 Å². The van der Waals surface area contributed by atoms with Crippen molar-refractivity contribution in [3.05, 3.63) is 48.2 Å². The lowest BCUT2D eigenvalue weighted by Crippen LogP contribution is -2.49. The molecule has 0 saturated carbocycles. The van der Waals surface area contributed by atoms with E-state index in [-0.39, 0.29) is 12.2 Å². The lowest BCUT2D eigenvalue weighted by molar-refractivity contribution is -0.174. The number of benzene rings is 1. The Kier molecular flexibility index (Phi) is 7.03. The van der Waals surface area contributed by atoms with Crippen molar-refractivity contribution in [2.75, 3.05) is 48.3 Å². The quantitative estimate of drug-likeness (QED) is 0.391. The molecule has 13 heteroatoms. The second kappa shape index (κ2) is 9.88. The maximum atomic E-state index is 12.8. The number of carbonyl (C=O) groups is 1. The molecule has 4 rings (SSSR count). The number of hydrogen-bond acceptors (Lipinski definition) is 4. The van der Waals surface area contributed by atoms with E-state index in [0.29, 0.717) is 48.7 Å². The number of halogens is 6. The summed E-state index contributed by atoms with van der Waals surface area (Å²) in [7, 11) is 0. The number of nitrogens with one attached hydrogen (secondary N) is 3. The van der Waals surface area contributed by atoms with Gasteiger partial charge >= 0.3 is 18.4 Å². The van der Waals surface area contributed by atoms with Gasteiger partial charge in [0.1, 0.15) is 11.3 Å². The number of alkyl halides is 6. The number of amides is 2. The molecule has 0 spiro atoms. The van der Waals surface area contributed by atoms with Crippen LogP contribution in [0.5, 0.6) is 0 Å². The summed E-state index contributed by atoms with van der Waals surface area (Å²) in [6.45, 7) is 3.07. The van der Waals surface area contributed by atoms with Crippen LogP contribution in [0.2, 0.25) is 0 Å². The van der Waals surface area contributed by atoms with Gasteiger partial charge < -0.3 is 20.5 Å². The second-order valence-electron chi connectivity index (χ2n) is 8.65. The first kappa shape index (κ1) is 25.6. The van der Waals surface area contributed by atoms with Gasteiger partial charge in [0.2, 0.25) is 0 Å². The highest BCUT2D eigenvalue weighted by atomic mass is 19.4. The summed E-state index contributed by atoms with van der Waals surface area (Å²) in [4.78, 5) is 23.8. The molecule has 1 saturated heterocycles. The van der Waals surface area contributed by atoms with Crippen LogP contribution < -0.4 is 15.5 Å². The summed E-state index contributed by atoms with van der Waals surface area (Å²) in [6.07, 6.45) is -7.15. The molecule has 0 bridgehead atoms. The Morgan fingerprint density at radius 3 is 2.28 bits per heavy atom. The molecule has 7 nitrogen and oxygen atoms in total. The van der Waals surface area contributed by atoms with Crippen molar-refractivity contribution in [1.29, 1.82) is 0 Å². The molecule has 0 aliphatic carbocycles. The number of piperazine rings is 1. The van der Waals surface area contributed by atoms with Crippen LogP contribution in [0.1, 0.15) is 12.5 Å². The van der Waals surface area contributed by atoms with Gasteiger partial charge in [-0.05, 0) is 36.4 Å². The molecule has 2 aromatic heterocycles. The molecule has 1 aliphatic rings. The molecule has 1 atom stereocenters. The fraction of sp³-hybridized carbons (Fsp3) is 0.391. The number of hydrogen-bond donors (Lipinski definition) is 3. The van der Waals surface area contributed by atoms with Gasteiger partial charge in [-0.3, -0.25) is 4.90 Å². The van der Waals surface area contributed by atoms with Gasteiger partial charge in [0.05, 0.1) is 22.7 Å². The fourth-order valence-corrected chi connectivity index (χ4v) is 3.94. The highest BCUT2D eigenvalue weighted by Gasteiger charge is 2.37. The van der Waals surface area contributed by atoms with Crippen LogP contribution in [0.15, 0.2) is 42.6 Å². The van der Waals surface area contributed by atoms with Gasteiger partial charge in [-0.25, -0.2) is 9.78 Å². The molecule has 3 aromatic rings. The van der Waals surface area contributed by atoms with Crippen LogP contribution in [0.25, 0.3) is 11.0 Å². The minimum Gasteiger partial charge on any atom is -0.358 e. The molecule has 0 radical (unpaired) electrons. The molecule has 194 valence electrons. The van der Waals surface area contributed by atoms with Crippen LogP contribution >= 0.6 is 0 Å². The molecule has 1 aliphatic heterocycles. The lowest BCUT2D eigenvalue weighted by atomic mass is 10.1. The van der Waals surface area contributed by atoms with Gasteiger partial charge in [-0.1, -0.05) is 6.92 Å². The molecule has 36 heavy (non-hydrogen) atoms. The Bertz CT molecular complexity index is 1200. The fourth-order valence-electron chi connectivity index (χ4n) is 3.94. The van der Waals surface area contributed by atoms with E-state index in [1.165, 1.54) is 6.92 Å². The molecule has 2 amide bonds. The summed E-state index contributed by atoms with van der Waals surface area (Å²) in [5.41, 5.74) is 0.863. The second-order valence-corrected chi connectivity index (χ2v) is 8.65. The summed E-state index contributed by atoms with van der Waals surface area (Å²) >= 11 is 0. The molecule has 3 heterocycles. The number of pyridine rings is 1. The minimum absolute atomic E-state index is 0.0519.